The average Bonchev–Trinajstić information content (AvgIpc) is 2.91. The van der Waals surface area contributed by atoms with Crippen LogP contribution in [0.25, 0.3) is 0 Å². The Bertz CT molecular complexity index is 499. The lowest BCUT2D eigenvalue weighted by atomic mass is 10.0. The fourth-order valence-corrected chi connectivity index (χ4v) is 2.28. The van der Waals surface area contributed by atoms with Crippen LogP contribution in [0.4, 0.5) is 5.69 Å². The molecule has 0 bridgehead atoms. The molecule has 1 fully saturated rings. The summed E-state index contributed by atoms with van der Waals surface area (Å²) in [6.07, 6.45) is 1.34. The highest BCUT2D eigenvalue weighted by molar-refractivity contribution is 9.10. The molecule has 1 aliphatic heterocycles. The van der Waals surface area contributed by atoms with Gasteiger partial charge in [-0.05, 0) is 51.0 Å². The molecular weight excluding hydrogens is 322 g/mol. The van der Waals surface area contributed by atoms with E-state index >= 15 is 0 Å². The van der Waals surface area contributed by atoms with Gasteiger partial charge in [-0.1, -0.05) is 15.9 Å². The number of ether oxygens (including phenoxy) is 1. The van der Waals surface area contributed by atoms with Crippen LogP contribution in [0.15, 0.2) is 24.3 Å². The third-order valence-corrected chi connectivity index (χ3v) is 3.54. The van der Waals surface area contributed by atoms with Gasteiger partial charge in [0.05, 0.1) is 4.32 Å². The van der Waals surface area contributed by atoms with E-state index in [1.165, 1.54) is 0 Å². The predicted octanol–water partition coefficient (Wildman–Crippen LogP) is 3.16. The number of nitrogens with one attached hydrogen (secondary N) is 1. The summed E-state index contributed by atoms with van der Waals surface area (Å²) < 4.78 is 4.73. The van der Waals surface area contributed by atoms with Gasteiger partial charge in [0.15, 0.2) is 5.78 Å². The van der Waals surface area contributed by atoms with E-state index in [0.717, 1.165) is 12.8 Å². The van der Waals surface area contributed by atoms with Gasteiger partial charge in [0.1, 0.15) is 6.10 Å². The average molecular weight is 340 g/mol. The highest BCUT2D eigenvalue weighted by Crippen LogP contribution is 2.23. The monoisotopic (exact) mass is 339 g/mol. The molecule has 1 N–H and O–H groups in total. The number of benzene rings is 1. The van der Waals surface area contributed by atoms with Crippen molar-refractivity contribution in [2.75, 3.05) is 11.9 Å². The first-order valence-corrected chi connectivity index (χ1v) is 7.43. The Labute approximate surface area is 127 Å². The second-order valence-corrected chi connectivity index (χ2v) is 7.35. The number of carbonyl (C=O) groups excluding carboxylic acids is 2. The molecule has 1 saturated heterocycles. The number of halogens is 1. The number of carbonyl (C=O) groups is 2. The summed E-state index contributed by atoms with van der Waals surface area (Å²) >= 11 is 3.35. The van der Waals surface area contributed by atoms with Gasteiger partial charge >= 0.3 is 0 Å². The van der Waals surface area contributed by atoms with Gasteiger partial charge < -0.3 is 10.1 Å². The van der Waals surface area contributed by atoms with Crippen molar-refractivity contribution in [3.05, 3.63) is 29.8 Å². The van der Waals surface area contributed by atoms with Crippen molar-refractivity contribution in [2.24, 2.45) is 0 Å². The number of hydrogen-bond acceptors (Lipinski definition) is 3. The fourth-order valence-electron chi connectivity index (χ4n) is 2.06. The molecule has 108 valence electrons. The normalized spacial score (nSPS) is 18.9. The largest absolute Gasteiger partial charge is 0.368 e. The van der Waals surface area contributed by atoms with Crippen LogP contribution in [0.2, 0.25) is 0 Å². The number of hydrogen-bond donors (Lipinski definition) is 1. The van der Waals surface area contributed by atoms with E-state index in [-0.39, 0.29) is 17.8 Å². The summed E-state index contributed by atoms with van der Waals surface area (Å²) in [5, 5.41) is 2.80. The molecule has 1 aromatic carbocycles. The van der Waals surface area contributed by atoms with Crippen LogP contribution in [0.1, 0.15) is 37.0 Å². The summed E-state index contributed by atoms with van der Waals surface area (Å²) in [6, 6.07) is 6.91. The molecule has 2 rings (SSSR count). The first-order chi connectivity index (χ1) is 9.38. The second-order valence-electron chi connectivity index (χ2n) is 5.37. The van der Waals surface area contributed by atoms with Crippen molar-refractivity contribution in [1.82, 2.24) is 0 Å². The zero-order chi connectivity index (χ0) is 14.8. The Morgan fingerprint density at radius 2 is 1.95 bits per heavy atom. The predicted molar refractivity (Wildman–Crippen MR) is 81.4 cm³/mol. The second kappa shape index (κ2) is 6.06. The SMILES string of the molecule is CC(C)(Br)C(=O)c1ccc(NC(=O)C2CCCO2)cc1. The lowest BCUT2D eigenvalue weighted by Gasteiger charge is -2.15. The Hall–Kier alpha value is -1.20. The summed E-state index contributed by atoms with van der Waals surface area (Å²) in [4.78, 5) is 23.9. The number of rotatable bonds is 4. The van der Waals surface area contributed by atoms with E-state index in [0.29, 0.717) is 17.9 Å². The van der Waals surface area contributed by atoms with Gasteiger partial charge in [-0.2, -0.15) is 0 Å². The first-order valence-electron chi connectivity index (χ1n) is 6.64. The van der Waals surface area contributed by atoms with Gasteiger partial charge in [0.2, 0.25) is 0 Å². The molecule has 1 unspecified atom stereocenters. The summed E-state index contributed by atoms with van der Waals surface area (Å²) in [6.45, 7) is 4.26. The Morgan fingerprint density at radius 3 is 2.45 bits per heavy atom. The van der Waals surface area contributed by atoms with E-state index in [1.807, 2.05) is 13.8 Å². The molecule has 1 aromatic rings. The first kappa shape index (κ1) is 15.2. The van der Waals surface area contributed by atoms with E-state index in [9.17, 15) is 9.59 Å². The quantitative estimate of drug-likeness (QED) is 0.677. The minimum absolute atomic E-state index is 0.00880. The van der Waals surface area contributed by atoms with Crippen LogP contribution in [-0.4, -0.2) is 28.7 Å². The zero-order valence-corrected chi connectivity index (χ0v) is 13.2. The van der Waals surface area contributed by atoms with E-state index < -0.39 is 4.32 Å². The number of amides is 1. The summed E-state index contributed by atoms with van der Waals surface area (Å²) in [5.74, 6) is -0.114. The molecule has 0 aromatic heterocycles. The number of Topliss-reactive ketones (excluding diaryl/α,β-unsaturated/α-hetero) is 1. The van der Waals surface area contributed by atoms with Crippen LogP contribution in [0.3, 0.4) is 0 Å². The van der Waals surface area contributed by atoms with Crippen LogP contribution >= 0.6 is 15.9 Å². The van der Waals surface area contributed by atoms with Gasteiger partial charge in [-0.15, -0.1) is 0 Å². The van der Waals surface area contributed by atoms with Crippen molar-refractivity contribution >= 4 is 33.3 Å². The molecule has 1 atom stereocenters. The molecule has 4 nitrogen and oxygen atoms in total. The smallest absolute Gasteiger partial charge is 0.253 e. The van der Waals surface area contributed by atoms with Crippen LogP contribution in [0, 0.1) is 0 Å². The fraction of sp³-hybridized carbons (Fsp3) is 0.467. The molecule has 1 aliphatic rings. The summed E-state index contributed by atoms with van der Waals surface area (Å²) in [5.41, 5.74) is 1.29. The molecule has 0 spiro atoms. The van der Waals surface area contributed by atoms with E-state index in [2.05, 4.69) is 21.2 Å². The molecule has 0 radical (unpaired) electrons. The zero-order valence-electron chi connectivity index (χ0n) is 11.6. The van der Waals surface area contributed by atoms with E-state index in [4.69, 9.17) is 4.74 Å². The Kier molecular flexibility index (Phi) is 4.60. The molecule has 1 heterocycles. The molecular formula is C15H18BrNO3. The Morgan fingerprint density at radius 1 is 1.30 bits per heavy atom. The minimum Gasteiger partial charge on any atom is -0.368 e. The number of alkyl halides is 1. The van der Waals surface area contributed by atoms with Gasteiger partial charge in [-0.25, -0.2) is 0 Å². The van der Waals surface area contributed by atoms with Gasteiger partial charge in [-0.3, -0.25) is 9.59 Å². The summed E-state index contributed by atoms with van der Waals surface area (Å²) in [7, 11) is 0. The molecule has 20 heavy (non-hydrogen) atoms. The van der Waals surface area contributed by atoms with Crippen molar-refractivity contribution in [3.63, 3.8) is 0 Å². The van der Waals surface area contributed by atoms with E-state index in [1.54, 1.807) is 24.3 Å². The lowest BCUT2D eigenvalue weighted by molar-refractivity contribution is -0.124. The molecule has 5 heteroatoms. The number of anilines is 1. The van der Waals surface area contributed by atoms with Crippen molar-refractivity contribution in [3.8, 4) is 0 Å². The Balaban J connectivity index is 2.01. The van der Waals surface area contributed by atoms with Gasteiger partial charge in [0.25, 0.3) is 5.91 Å². The maximum atomic E-state index is 12.1. The maximum absolute atomic E-state index is 12.1. The minimum atomic E-state index is -0.588. The third kappa shape index (κ3) is 3.67. The topological polar surface area (TPSA) is 55.4 Å². The highest BCUT2D eigenvalue weighted by Gasteiger charge is 2.25. The molecule has 1 amide bonds. The van der Waals surface area contributed by atoms with Crippen LogP contribution in [-0.2, 0) is 9.53 Å². The number of ketones is 1. The van der Waals surface area contributed by atoms with Crippen LogP contribution < -0.4 is 5.32 Å². The van der Waals surface area contributed by atoms with Crippen molar-refractivity contribution < 1.29 is 14.3 Å². The maximum Gasteiger partial charge on any atom is 0.253 e. The standard InChI is InChI=1S/C15H18BrNO3/c1-15(2,16)13(18)10-5-7-11(8-6-10)17-14(19)12-4-3-9-20-12/h5-8,12H,3-4,9H2,1-2H3,(H,17,19). The van der Waals surface area contributed by atoms with Gasteiger partial charge in [0, 0.05) is 17.9 Å². The highest BCUT2D eigenvalue weighted by atomic mass is 79.9. The third-order valence-electron chi connectivity index (χ3n) is 3.18. The molecule has 0 saturated carbocycles. The molecule has 0 aliphatic carbocycles. The van der Waals surface area contributed by atoms with Crippen molar-refractivity contribution in [2.45, 2.75) is 37.1 Å². The lowest BCUT2D eigenvalue weighted by Crippen LogP contribution is -2.27. The van der Waals surface area contributed by atoms with Crippen LogP contribution in [0.5, 0.6) is 0 Å². The van der Waals surface area contributed by atoms with Crippen molar-refractivity contribution in [1.29, 1.82) is 0 Å².